The fraction of sp³-hybridized carbons (Fsp3) is 0.438. The lowest BCUT2D eigenvalue weighted by molar-refractivity contribution is -0.142. The predicted molar refractivity (Wildman–Crippen MR) is 82.2 cm³/mol. The summed E-state index contributed by atoms with van der Waals surface area (Å²) in [4.78, 5) is 16.5. The second-order valence-corrected chi connectivity index (χ2v) is 5.83. The summed E-state index contributed by atoms with van der Waals surface area (Å²) in [6.07, 6.45) is 0.606. The van der Waals surface area contributed by atoms with E-state index >= 15 is 0 Å². The molecule has 1 aliphatic carbocycles. The maximum absolute atomic E-state index is 12.6. The number of hydrogen-bond donors (Lipinski definition) is 1. The molecule has 2 aromatic rings. The highest BCUT2D eigenvalue weighted by Gasteiger charge is 2.31. The number of alkyl halides is 3. The van der Waals surface area contributed by atoms with Gasteiger partial charge < -0.3 is 10.1 Å². The number of aromatic nitrogens is 3. The van der Waals surface area contributed by atoms with Gasteiger partial charge in [0.1, 0.15) is 12.1 Å². The zero-order chi connectivity index (χ0) is 18.0. The number of pyridine rings is 1. The molecule has 2 heterocycles. The minimum Gasteiger partial charge on any atom is -0.480 e. The first-order chi connectivity index (χ1) is 11.9. The summed E-state index contributed by atoms with van der Waals surface area (Å²) in [6, 6.07) is 2.75. The average molecular weight is 354 g/mol. The van der Waals surface area contributed by atoms with Crippen LogP contribution in [0.25, 0.3) is 0 Å². The number of halogens is 3. The van der Waals surface area contributed by atoms with Crippen molar-refractivity contribution in [2.45, 2.75) is 38.0 Å². The Morgan fingerprint density at radius 1 is 1.48 bits per heavy atom. The molecule has 0 radical (unpaired) electrons. The number of fused-ring (bicyclic) bond motifs is 1. The molecule has 1 atom stereocenters. The van der Waals surface area contributed by atoms with Crippen molar-refractivity contribution >= 4 is 5.91 Å². The number of ether oxygens (including phenoxy) is 1. The van der Waals surface area contributed by atoms with Gasteiger partial charge in [-0.1, -0.05) is 0 Å². The molecule has 0 saturated heterocycles. The van der Waals surface area contributed by atoms with Crippen LogP contribution in [-0.4, -0.2) is 34.0 Å². The molecule has 9 heteroatoms. The standard InChI is InChI=1S/C16H17F3N4O2/c1-25-15-11(5-3-7-20-15)14(24)21-12-6-2-4-10-8-23(22-13(10)12)9-16(17,18)19/h3,5,7-8,12H,2,4,6,9H2,1H3,(H,21,24)/t12-/m1/s1. The molecular weight excluding hydrogens is 337 g/mol. The highest BCUT2D eigenvalue weighted by molar-refractivity contribution is 5.96. The van der Waals surface area contributed by atoms with Crippen molar-refractivity contribution in [2.75, 3.05) is 7.11 Å². The molecule has 0 spiro atoms. The fourth-order valence-corrected chi connectivity index (χ4v) is 2.96. The molecule has 0 aromatic carbocycles. The van der Waals surface area contributed by atoms with E-state index in [-0.39, 0.29) is 11.4 Å². The Morgan fingerprint density at radius 3 is 3.00 bits per heavy atom. The van der Waals surface area contributed by atoms with Crippen molar-refractivity contribution in [3.8, 4) is 5.88 Å². The van der Waals surface area contributed by atoms with Crippen LogP contribution in [0.5, 0.6) is 5.88 Å². The van der Waals surface area contributed by atoms with Gasteiger partial charge in [-0.05, 0) is 37.0 Å². The van der Waals surface area contributed by atoms with Crippen LogP contribution in [0.2, 0.25) is 0 Å². The first kappa shape index (κ1) is 17.2. The summed E-state index contributed by atoms with van der Waals surface area (Å²) in [5, 5.41) is 6.87. The van der Waals surface area contributed by atoms with Gasteiger partial charge in [0.15, 0.2) is 0 Å². The third-order valence-electron chi connectivity index (χ3n) is 3.99. The molecule has 0 bridgehead atoms. The maximum Gasteiger partial charge on any atom is 0.408 e. The fourth-order valence-electron chi connectivity index (χ4n) is 2.96. The van der Waals surface area contributed by atoms with Gasteiger partial charge in [-0.2, -0.15) is 18.3 Å². The molecule has 1 aliphatic rings. The highest BCUT2D eigenvalue weighted by Crippen LogP contribution is 2.30. The second kappa shape index (κ2) is 6.73. The number of aryl methyl sites for hydroxylation is 1. The number of amides is 1. The largest absolute Gasteiger partial charge is 0.480 e. The Kier molecular flexibility index (Phi) is 4.65. The Hall–Kier alpha value is -2.58. The molecule has 1 amide bonds. The van der Waals surface area contributed by atoms with Crippen molar-refractivity contribution in [1.82, 2.24) is 20.1 Å². The molecule has 1 N–H and O–H groups in total. The monoisotopic (exact) mass is 354 g/mol. The normalized spacial score (nSPS) is 17.0. The average Bonchev–Trinajstić information content (AvgIpc) is 2.96. The summed E-state index contributed by atoms with van der Waals surface area (Å²) in [7, 11) is 1.41. The van der Waals surface area contributed by atoms with E-state index in [9.17, 15) is 18.0 Å². The topological polar surface area (TPSA) is 69.0 Å². The minimum absolute atomic E-state index is 0.193. The van der Waals surface area contributed by atoms with E-state index in [1.807, 2.05) is 0 Å². The SMILES string of the molecule is COc1ncccc1C(=O)N[C@@H]1CCCc2cn(CC(F)(F)F)nc21. The number of nitrogens with one attached hydrogen (secondary N) is 1. The van der Waals surface area contributed by atoms with Crippen LogP contribution >= 0.6 is 0 Å². The number of carbonyl (C=O) groups excluding carboxylic acids is 1. The molecule has 3 rings (SSSR count). The number of methoxy groups -OCH3 is 1. The zero-order valence-corrected chi connectivity index (χ0v) is 13.5. The van der Waals surface area contributed by atoms with Crippen LogP contribution in [0.4, 0.5) is 13.2 Å². The van der Waals surface area contributed by atoms with Gasteiger partial charge in [0.05, 0.1) is 18.8 Å². The van der Waals surface area contributed by atoms with Crippen molar-refractivity contribution in [1.29, 1.82) is 0 Å². The van der Waals surface area contributed by atoms with Crippen LogP contribution in [0.3, 0.4) is 0 Å². The lowest BCUT2D eigenvalue weighted by Crippen LogP contribution is -2.31. The third kappa shape index (κ3) is 3.92. The van der Waals surface area contributed by atoms with Crippen LogP contribution in [0.1, 0.15) is 40.5 Å². The van der Waals surface area contributed by atoms with Gasteiger partial charge >= 0.3 is 6.18 Å². The van der Waals surface area contributed by atoms with Crippen LogP contribution < -0.4 is 10.1 Å². The highest BCUT2D eigenvalue weighted by atomic mass is 19.4. The first-order valence-corrected chi connectivity index (χ1v) is 7.80. The quantitative estimate of drug-likeness (QED) is 0.917. The minimum atomic E-state index is -4.34. The van der Waals surface area contributed by atoms with Crippen molar-refractivity contribution < 1.29 is 22.7 Å². The van der Waals surface area contributed by atoms with E-state index in [0.29, 0.717) is 18.5 Å². The van der Waals surface area contributed by atoms with Gasteiger partial charge in [0, 0.05) is 12.4 Å². The lowest BCUT2D eigenvalue weighted by atomic mass is 9.93. The second-order valence-electron chi connectivity index (χ2n) is 5.83. The first-order valence-electron chi connectivity index (χ1n) is 7.80. The number of hydrogen-bond acceptors (Lipinski definition) is 4. The van der Waals surface area contributed by atoms with Crippen molar-refractivity contribution in [2.24, 2.45) is 0 Å². The Morgan fingerprint density at radius 2 is 2.28 bits per heavy atom. The maximum atomic E-state index is 12.6. The van der Waals surface area contributed by atoms with Gasteiger partial charge in [0.2, 0.25) is 5.88 Å². The molecule has 2 aromatic heterocycles. The molecule has 134 valence electrons. The lowest BCUT2D eigenvalue weighted by Gasteiger charge is -2.22. The van der Waals surface area contributed by atoms with Crippen LogP contribution in [0, 0.1) is 0 Å². The third-order valence-corrected chi connectivity index (χ3v) is 3.99. The van der Waals surface area contributed by atoms with Crippen molar-refractivity contribution in [3.05, 3.63) is 41.3 Å². The smallest absolute Gasteiger partial charge is 0.408 e. The van der Waals surface area contributed by atoms with Crippen LogP contribution in [0.15, 0.2) is 24.5 Å². The van der Waals surface area contributed by atoms with Gasteiger partial charge in [-0.3, -0.25) is 9.48 Å². The number of carbonyl (C=O) groups is 1. The van der Waals surface area contributed by atoms with E-state index in [4.69, 9.17) is 4.74 Å². The summed E-state index contributed by atoms with van der Waals surface area (Å²) >= 11 is 0. The molecular formula is C16H17F3N4O2. The Balaban J connectivity index is 1.80. The predicted octanol–water partition coefficient (Wildman–Crippen LogP) is 2.66. The van der Waals surface area contributed by atoms with Gasteiger partial charge in [-0.25, -0.2) is 4.98 Å². The summed E-state index contributed by atoms with van der Waals surface area (Å²) < 4.78 is 43.7. The summed E-state index contributed by atoms with van der Waals surface area (Å²) in [5.74, 6) is -0.202. The van der Waals surface area contributed by atoms with E-state index in [1.54, 1.807) is 12.1 Å². The Labute approximate surface area is 142 Å². The van der Waals surface area contributed by atoms with E-state index < -0.39 is 24.7 Å². The van der Waals surface area contributed by atoms with Gasteiger partial charge in [0.25, 0.3) is 5.91 Å². The van der Waals surface area contributed by atoms with Crippen LogP contribution in [-0.2, 0) is 13.0 Å². The summed E-state index contributed by atoms with van der Waals surface area (Å²) in [6.45, 7) is -1.14. The molecule has 6 nitrogen and oxygen atoms in total. The number of nitrogens with zero attached hydrogens (tertiary/aromatic N) is 3. The zero-order valence-electron chi connectivity index (χ0n) is 13.5. The molecule has 0 aliphatic heterocycles. The molecule has 0 saturated carbocycles. The Bertz CT molecular complexity index is 773. The van der Waals surface area contributed by atoms with E-state index in [1.165, 1.54) is 19.5 Å². The molecule has 0 fully saturated rings. The van der Waals surface area contributed by atoms with Crippen molar-refractivity contribution in [3.63, 3.8) is 0 Å². The summed E-state index contributed by atoms with van der Waals surface area (Å²) in [5.41, 5.74) is 1.50. The van der Waals surface area contributed by atoms with E-state index in [0.717, 1.165) is 16.7 Å². The molecule has 0 unspecified atom stereocenters. The molecule has 25 heavy (non-hydrogen) atoms. The van der Waals surface area contributed by atoms with Gasteiger partial charge in [-0.15, -0.1) is 0 Å². The van der Waals surface area contributed by atoms with E-state index in [2.05, 4.69) is 15.4 Å². The number of rotatable bonds is 4.